The van der Waals surface area contributed by atoms with Gasteiger partial charge in [0.1, 0.15) is 12.2 Å². The Bertz CT molecular complexity index is 798. The molecule has 2 aromatic rings. The number of halogens is 1. The zero-order valence-corrected chi connectivity index (χ0v) is 14.1. The van der Waals surface area contributed by atoms with Crippen LogP contribution >= 0.6 is 11.6 Å². The van der Waals surface area contributed by atoms with Gasteiger partial charge in [-0.3, -0.25) is 4.79 Å². The summed E-state index contributed by atoms with van der Waals surface area (Å²) in [4.78, 5) is 14.8. The van der Waals surface area contributed by atoms with E-state index < -0.39 is 0 Å². The summed E-state index contributed by atoms with van der Waals surface area (Å²) in [6, 6.07) is 7.91. The van der Waals surface area contributed by atoms with Gasteiger partial charge in [0.25, 0.3) is 0 Å². The average molecular weight is 343 g/mol. The molecule has 2 aliphatic rings. The first kappa shape index (κ1) is 15.4. The maximum absolute atomic E-state index is 12.8. The molecule has 0 aliphatic carbocycles. The normalized spacial score (nSPS) is 20.5. The van der Waals surface area contributed by atoms with E-state index >= 15 is 0 Å². The molecule has 24 heavy (non-hydrogen) atoms. The van der Waals surface area contributed by atoms with E-state index in [0.717, 1.165) is 42.2 Å². The van der Waals surface area contributed by atoms with Gasteiger partial charge in [-0.25, -0.2) is 0 Å². The molecule has 2 aliphatic heterocycles. The van der Waals surface area contributed by atoms with Gasteiger partial charge in [0, 0.05) is 31.1 Å². The minimum Gasteiger partial charge on any atom is -0.338 e. The van der Waals surface area contributed by atoms with Gasteiger partial charge in [-0.2, -0.15) is 0 Å². The Morgan fingerprint density at radius 3 is 3.00 bits per heavy atom. The quantitative estimate of drug-likeness (QED) is 0.843. The number of amides is 1. The number of hydrogen-bond donors (Lipinski definition) is 0. The number of aromatic nitrogens is 3. The summed E-state index contributed by atoms with van der Waals surface area (Å²) >= 11 is 6.07. The number of carbonyl (C=O) groups excluding carboxylic acids is 1. The van der Waals surface area contributed by atoms with E-state index in [-0.39, 0.29) is 11.8 Å². The molecule has 0 saturated heterocycles. The summed E-state index contributed by atoms with van der Waals surface area (Å²) in [6.07, 6.45) is 6.44. The fraction of sp³-hybridized carbons (Fsp3) is 0.389. The molecule has 0 spiro atoms. The lowest BCUT2D eigenvalue weighted by atomic mass is 9.95. The minimum absolute atomic E-state index is 0.0367. The van der Waals surface area contributed by atoms with Crippen LogP contribution in [0.1, 0.15) is 24.2 Å². The van der Waals surface area contributed by atoms with Gasteiger partial charge in [-0.15, -0.1) is 10.2 Å². The van der Waals surface area contributed by atoms with Gasteiger partial charge in [0.2, 0.25) is 5.91 Å². The van der Waals surface area contributed by atoms with Crippen molar-refractivity contribution in [2.45, 2.75) is 25.8 Å². The van der Waals surface area contributed by atoms with Crippen LogP contribution in [0.2, 0.25) is 5.02 Å². The summed E-state index contributed by atoms with van der Waals surface area (Å²) in [7, 11) is 0. The molecule has 1 atom stereocenters. The molecule has 124 valence electrons. The smallest absolute Gasteiger partial charge is 0.227 e. The average Bonchev–Trinajstić information content (AvgIpc) is 3.09. The Morgan fingerprint density at radius 1 is 1.29 bits per heavy atom. The van der Waals surface area contributed by atoms with E-state index in [4.69, 9.17) is 11.6 Å². The highest BCUT2D eigenvalue weighted by Crippen LogP contribution is 2.27. The fourth-order valence-electron chi connectivity index (χ4n) is 3.54. The molecule has 5 nitrogen and oxygen atoms in total. The maximum Gasteiger partial charge on any atom is 0.227 e. The predicted molar refractivity (Wildman–Crippen MR) is 92.5 cm³/mol. The zero-order chi connectivity index (χ0) is 16.5. The highest BCUT2D eigenvalue weighted by Gasteiger charge is 2.29. The molecule has 0 saturated carbocycles. The number of benzene rings is 1. The van der Waals surface area contributed by atoms with Crippen molar-refractivity contribution in [1.29, 1.82) is 0 Å². The number of aryl methyl sites for hydroxylation is 1. The summed E-state index contributed by atoms with van der Waals surface area (Å²) in [6.45, 7) is 2.14. The summed E-state index contributed by atoms with van der Waals surface area (Å²) in [5, 5.41) is 8.76. The molecule has 4 rings (SSSR count). The van der Waals surface area contributed by atoms with E-state index in [1.807, 2.05) is 27.7 Å². The first-order valence-electron chi connectivity index (χ1n) is 8.31. The van der Waals surface area contributed by atoms with Crippen molar-refractivity contribution in [1.82, 2.24) is 19.7 Å². The van der Waals surface area contributed by atoms with Crippen molar-refractivity contribution in [3.8, 4) is 0 Å². The molecular weight excluding hydrogens is 324 g/mol. The second-order valence-electron chi connectivity index (χ2n) is 6.41. The third-order valence-corrected chi connectivity index (χ3v) is 5.13. The zero-order valence-electron chi connectivity index (χ0n) is 13.4. The molecule has 0 fully saturated rings. The third kappa shape index (κ3) is 2.96. The minimum atomic E-state index is 0.0367. The number of nitrogens with zero attached hydrogens (tertiary/aromatic N) is 4. The van der Waals surface area contributed by atoms with Crippen LogP contribution in [0, 0.1) is 5.92 Å². The van der Waals surface area contributed by atoms with Gasteiger partial charge in [0.05, 0.1) is 5.92 Å². The summed E-state index contributed by atoms with van der Waals surface area (Å²) in [5.74, 6) is 1.27. The van der Waals surface area contributed by atoms with Crippen molar-refractivity contribution < 1.29 is 4.79 Å². The standard InChI is InChI=1S/C18H19ClN4O/c19-16-3-1-2-14(10-16)13-6-8-22(9-7-13)18(24)15-4-5-17-21-20-12-23(17)11-15/h1-3,6,10,12,15H,4-5,7-9,11H2. The molecule has 1 amide bonds. The SMILES string of the molecule is O=C(C1CCc2nncn2C1)N1CC=C(c2cccc(Cl)c2)CC1. The Labute approximate surface area is 145 Å². The largest absolute Gasteiger partial charge is 0.338 e. The van der Waals surface area contributed by atoms with Gasteiger partial charge in [0.15, 0.2) is 0 Å². The highest BCUT2D eigenvalue weighted by molar-refractivity contribution is 6.30. The first-order chi connectivity index (χ1) is 11.7. The summed E-state index contributed by atoms with van der Waals surface area (Å²) in [5.41, 5.74) is 2.42. The molecule has 0 N–H and O–H groups in total. The van der Waals surface area contributed by atoms with Crippen LogP contribution < -0.4 is 0 Å². The van der Waals surface area contributed by atoms with Crippen molar-refractivity contribution >= 4 is 23.1 Å². The summed E-state index contributed by atoms with van der Waals surface area (Å²) < 4.78 is 2.00. The van der Waals surface area contributed by atoms with E-state index in [9.17, 15) is 4.79 Å². The van der Waals surface area contributed by atoms with Crippen molar-refractivity contribution in [3.63, 3.8) is 0 Å². The highest BCUT2D eigenvalue weighted by atomic mass is 35.5. The van der Waals surface area contributed by atoms with E-state index in [1.54, 1.807) is 6.33 Å². The van der Waals surface area contributed by atoms with Gasteiger partial charge < -0.3 is 9.47 Å². The monoisotopic (exact) mass is 342 g/mol. The molecule has 0 radical (unpaired) electrons. The van der Waals surface area contributed by atoms with Gasteiger partial charge >= 0.3 is 0 Å². The van der Waals surface area contributed by atoms with Crippen LogP contribution in [0.4, 0.5) is 0 Å². The van der Waals surface area contributed by atoms with Crippen molar-refractivity contribution in [3.05, 3.63) is 53.1 Å². The Hall–Kier alpha value is -2.14. The topological polar surface area (TPSA) is 51.0 Å². The maximum atomic E-state index is 12.8. The molecular formula is C18H19ClN4O. The number of rotatable bonds is 2. The van der Waals surface area contributed by atoms with Crippen LogP contribution in [0.5, 0.6) is 0 Å². The lowest BCUT2D eigenvalue weighted by Gasteiger charge is -2.31. The molecule has 3 heterocycles. The Morgan fingerprint density at radius 2 is 2.21 bits per heavy atom. The lowest BCUT2D eigenvalue weighted by Crippen LogP contribution is -2.41. The van der Waals surface area contributed by atoms with Crippen LogP contribution in [0.25, 0.3) is 5.57 Å². The van der Waals surface area contributed by atoms with Crippen LogP contribution in [0.15, 0.2) is 36.7 Å². The molecule has 1 unspecified atom stereocenters. The lowest BCUT2D eigenvalue weighted by molar-refractivity contribution is -0.136. The first-order valence-corrected chi connectivity index (χ1v) is 8.69. The number of hydrogen-bond acceptors (Lipinski definition) is 3. The van der Waals surface area contributed by atoms with Crippen molar-refractivity contribution in [2.24, 2.45) is 5.92 Å². The second-order valence-corrected chi connectivity index (χ2v) is 6.85. The number of fused-ring (bicyclic) bond motifs is 1. The number of carbonyl (C=O) groups is 1. The Kier molecular flexibility index (Phi) is 4.10. The van der Waals surface area contributed by atoms with E-state index in [0.29, 0.717) is 13.1 Å². The van der Waals surface area contributed by atoms with Crippen LogP contribution in [0.3, 0.4) is 0 Å². The van der Waals surface area contributed by atoms with Crippen LogP contribution in [-0.4, -0.2) is 38.7 Å². The van der Waals surface area contributed by atoms with E-state index in [2.05, 4.69) is 22.3 Å². The second kappa shape index (κ2) is 6.40. The predicted octanol–water partition coefficient (Wildman–Crippen LogP) is 2.81. The van der Waals surface area contributed by atoms with Crippen molar-refractivity contribution in [2.75, 3.05) is 13.1 Å². The van der Waals surface area contributed by atoms with Gasteiger partial charge in [-0.1, -0.05) is 29.8 Å². The molecule has 1 aromatic carbocycles. The van der Waals surface area contributed by atoms with E-state index in [1.165, 1.54) is 5.57 Å². The molecule has 6 heteroatoms. The fourth-order valence-corrected chi connectivity index (χ4v) is 3.73. The Balaban J connectivity index is 1.43. The van der Waals surface area contributed by atoms with Gasteiger partial charge in [-0.05, 0) is 36.1 Å². The molecule has 1 aromatic heterocycles. The van der Waals surface area contributed by atoms with Crippen LogP contribution in [-0.2, 0) is 17.8 Å². The molecule has 0 bridgehead atoms. The third-order valence-electron chi connectivity index (χ3n) is 4.89.